The number of azo groups is 1. The molecule has 0 fully saturated rings. The summed E-state index contributed by atoms with van der Waals surface area (Å²) >= 11 is 0. The van der Waals surface area contributed by atoms with E-state index in [0.717, 1.165) is 24.3 Å². The number of phenolic OH excluding ortho intramolecular Hbond substituents is 3. The Morgan fingerprint density at radius 2 is 1.60 bits per heavy atom. The number of hydrogen-bond acceptors (Lipinski definition) is 7. The second kappa shape index (κ2) is 5.22. The Hall–Kier alpha value is -3.16. The lowest BCUT2D eigenvalue weighted by molar-refractivity contribution is -0.384. The van der Waals surface area contributed by atoms with E-state index in [0.29, 0.717) is 0 Å². The monoisotopic (exact) mass is 275 g/mol. The number of non-ortho nitro benzene ring substituents is 1. The van der Waals surface area contributed by atoms with Crippen molar-refractivity contribution in [3.8, 4) is 17.2 Å². The zero-order valence-electron chi connectivity index (χ0n) is 9.96. The van der Waals surface area contributed by atoms with Crippen LogP contribution in [0.4, 0.5) is 17.1 Å². The Balaban J connectivity index is 2.35. The van der Waals surface area contributed by atoms with E-state index in [9.17, 15) is 20.3 Å². The summed E-state index contributed by atoms with van der Waals surface area (Å²) in [6.45, 7) is 0. The quantitative estimate of drug-likeness (QED) is 0.450. The molecule has 0 saturated heterocycles. The van der Waals surface area contributed by atoms with Crippen molar-refractivity contribution < 1.29 is 20.2 Å². The predicted molar refractivity (Wildman–Crippen MR) is 68.7 cm³/mol. The summed E-state index contributed by atoms with van der Waals surface area (Å²) in [5, 5.41) is 46.1. The van der Waals surface area contributed by atoms with Crippen molar-refractivity contribution in [3.05, 3.63) is 46.5 Å². The number of benzene rings is 2. The minimum Gasteiger partial charge on any atom is -0.508 e. The Kier molecular flexibility index (Phi) is 3.47. The van der Waals surface area contributed by atoms with E-state index in [1.54, 1.807) is 0 Å². The van der Waals surface area contributed by atoms with Gasteiger partial charge in [0.2, 0.25) is 0 Å². The van der Waals surface area contributed by atoms with Crippen LogP contribution in [0.1, 0.15) is 0 Å². The van der Waals surface area contributed by atoms with E-state index >= 15 is 0 Å². The van der Waals surface area contributed by atoms with Crippen LogP contribution in [-0.4, -0.2) is 20.2 Å². The van der Waals surface area contributed by atoms with E-state index in [1.807, 2.05) is 0 Å². The highest BCUT2D eigenvalue weighted by Crippen LogP contribution is 2.34. The minimum atomic E-state index is -0.628. The summed E-state index contributed by atoms with van der Waals surface area (Å²) in [6, 6.07) is 6.98. The van der Waals surface area contributed by atoms with Crippen molar-refractivity contribution >= 4 is 17.1 Å². The number of aromatic hydroxyl groups is 3. The minimum absolute atomic E-state index is 0.0497. The van der Waals surface area contributed by atoms with Crippen molar-refractivity contribution in [2.45, 2.75) is 0 Å². The number of rotatable bonds is 3. The predicted octanol–water partition coefficient (Wildman–Crippen LogP) is 3.13. The van der Waals surface area contributed by atoms with Crippen LogP contribution in [0.5, 0.6) is 17.2 Å². The molecule has 0 spiro atoms. The fourth-order valence-electron chi connectivity index (χ4n) is 1.41. The lowest BCUT2D eigenvalue weighted by Gasteiger charge is -2.00. The highest BCUT2D eigenvalue weighted by atomic mass is 16.6. The van der Waals surface area contributed by atoms with Gasteiger partial charge in [-0.1, -0.05) is 0 Å². The van der Waals surface area contributed by atoms with Gasteiger partial charge in [0.15, 0.2) is 0 Å². The van der Waals surface area contributed by atoms with Gasteiger partial charge in [-0.3, -0.25) is 10.1 Å². The molecule has 0 aliphatic rings. The van der Waals surface area contributed by atoms with E-state index in [-0.39, 0.29) is 34.3 Å². The lowest BCUT2D eigenvalue weighted by atomic mass is 10.2. The summed E-state index contributed by atoms with van der Waals surface area (Å²) in [4.78, 5) is 9.99. The third kappa shape index (κ3) is 2.80. The molecular formula is C12H9N3O5. The van der Waals surface area contributed by atoms with E-state index in [2.05, 4.69) is 10.2 Å². The van der Waals surface area contributed by atoms with E-state index < -0.39 is 4.92 Å². The third-order valence-electron chi connectivity index (χ3n) is 2.39. The standard InChI is InChI=1S/C12H9N3O5/c16-8-2-3-9(12(18)6-8)13-14-10-5-7(15(19)20)1-4-11(10)17/h1-6,16-18H/b14-13+. The number of nitrogens with zero attached hydrogens (tertiary/aromatic N) is 3. The molecule has 8 heteroatoms. The van der Waals surface area contributed by atoms with Crippen molar-refractivity contribution in [2.75, 3.05) is 0 Å². The van der Waals surface area contributed by atoms with Gasteiger partial charge in [0.25, 0.3) is 5.69 Å². The van der Waals surface area contributed by atoms with Gasteiger partial charge in [0.05, 0.1) is 4.92 Å². The number of nitro groups is 1. The van der Waals surface area contributed by atoms with Crippen molar-refractivity contribution in [1.82, 2.24) is 0 Å². The summed E-state index contributed by atoms with van der Waals surface area (Å²) in [5.41, 5.74) is -0.299. The molecule has 2 rings (SSSR count). The molecule has 2 aromatic rings. The van der Waals surface area contributed by atoms with Crippen LogP contribution < -0.4 is 0 Å². The van der Waals surface area contributed by atoms with Gasteiger partial charge in [-0.2, -0.15) is 0 Å². The average molecular weight is 275 g/mol. The van der Waals surface area contributed by atoms with Crippen LogP contribution >= 0.6 is 0 Å². The molecule has 0 aliphatic carbocycles. The average Bonchev–Trinajstić information content (AvgIpc) is 2.39. The maximum atomic E-state index is 10.6. The zero-order valence-corrected chi connectivity index (χ0v) is 9.96. The lowest BCUT2D eigenvalue weighted by Crippen LogP contribution is -1.86. The summed E-state index contributed by atoms with van der Waals surface area (Å²) < 4.78 is 0. The Morgan fingerprint density at radius 3 is 2.25 bits per heavy atom. The van der Waals surface area contributed by atoms with E-state index in [1.165, 1.54) is 12.1 Å². The highest BCUT2D eigenvalue weighted by molar-refractivity contribution is 5.58. The van der Waals surface area contributed by atoms with Crippen LogP contribution in [0, 0.1) is 10.1 Å². The van der Waals surface area contributed by atoms with Gasteiger partial charge >= 0.3 is 0 Å². The first kappa shape index (κ1) is 13.3. The van der Waals surface area contributed by atoms with Gasteiger partial charge < -0.3 is 15.3 Å². The number of hydrogen-bond donors (Lipinski definition) is 3. The normalized spacial score (nSPS) is 10.8. The molecule has 0 unspecified atom stereocenters. The summed E-state index contributed by atoms with van der Waals surface area (Å²) in [7, 11) is 0. The first-order valence-corrected chi connectivity index (χ1v) is 5.38. The number of nitro benzene ring substituents is 1. The van der Waals surface area contributed by atoms with Crippen molar-refractivity contribution in [3.63, 3.8) is 0 Å². The van der Waals surface area contributed by atoms with Gasteiger partial charge in [0.1, 0.15) is 28.6 Å². The fraction of sp³-hybridized carbons (Fsp3) is 0. The first-order chi connectivity index (χ1) is 9.47. The van der Waals surface area contributed by atoms with Gasteiger partial charge in [-0.05, 0) is 18.2 Å². The van der Waals surface area contributed by atoms with E-state index in [4.69, 9.17) is 5.11 Å². The largest absolute Gasteiger partial charge is 0.508 e. The molecule has 102 valence electrons. The molecule has 0 saturated carbocycles. The second-order valence-corrected chi connectivity index (χ2v) is 3.80. The van der Waals surface area contributed by atoms with Crippen molar-refractivity contribution in [1.29, 1.82) is 0 Å². The molecule has 0 amide bonds. The highest BCUT2D eigenvalue weighted by Gasteiger charge is 2.10. The Morgan fingerprint density at radius 1 is 0.900 bits per heavy atom. The van der Waals surface area contributed by atoms with Gasteiger partial charge in [0, 0.05) is 18.2 Å². The molecule has 0 aromatic heterocycles. The molecule has 3 N–H and O–H groups in total. The SMILES string of the molecule is O=[N+]([O-])c1ccc(O)c(/N=N/c2ccc(O)cc2O)c1. The summed E-state index contributed by atoms with van der Waals surface area (Å²) in [6.07, 6.45) is 0. The van der Waals surface area contributed by atoms with Crippen LogP contribution in [0.2, 0.25) is 0 Å². The Labute approximate surface area is 112 Å². The zero-order chi connectivity index (χ0) is 14.7. The number of phenols is 3. The molecule has 0 aliphatic heterocycles. The van der Waals surface area contributed by atoms with Crippen LogP contribution in [0.25, 0.3) is 0 Å². The van der Waals surface area contributed by atoms with Gasteiger partial charge in [-0.25, -0.2) is 0 Å². The molecule has 0 radical (unpaired) electrons. The van der Waals surface area contributed by atoms with Crippen LogP contribution in [0.15, 0.2) is 46.6 Å². The molecule has 8 nitrogen and oxygen atoms in total. The maximum Gasteiger partial charge on any atom is 0.271 e. The molecule has 2 aromatic carbocycles. The third-order valence-corrected chi connectivity index (χ3v) is 2.39. The molecule has 0 bridgehead atoms. The van der Waals surface area contributed by atoms with Crippen LogP contribution in [-0.2, 0) is 0 Å². The second-order valence-electron chi connectivity index (χ2n) is 3.80. The van der Waals surface area contributed by atoms with Crippen LogP contribution in [0.3, 0.4) is 0 Å². The van der Waals surface area contributed by atoms with Gasteiger partial charge in [-0.15, -0.1) is 10.2 Å². The smallest absolute Gasteiger partial charge is 0.271 e. The topological polar surface area (TPSA) is 129 Å². The maximum absolute atomic E-state index is 10.6. The molecule has 20 heavy (non-hydrogen) atoms. The molecular weight excluding hydrogens is 266 g/mol. The first-order valence-electron chi connectivity index (χ1n) is 5.38. The fourth-order valence-corrected chi connectivity index (χ4v) is 1.41. The Bertz CT molecular complexity index is 699. The summed E-state index contributed by atoms with van der Waals surface area (Å²) in [5.74, 6) is -0.726. The molecule has 0 atom stereocenters. The van der Waals surface area contributed by atoms with Crippen molar-refractivity contribution in [2.24, 2.45) is 10.2 Å². The molecule has 0 heterocycles.